The predicted octanol–water partition coefficient (Wildman–Crippen LogP) is 5.07. The summed E-state index contributed by atoms with van der Waals surface area (Å²) in [6.45, 7) is 0. The first-order valence-corrected chi connectivity index (χ1v) is 6.97. The van der Waals surface area contributed by atoms with Crippen LogP contribution in [0.2, 0.25) is 10.0 Å². The standard InChI is InChI=1S/C14H9Cl3N2/c15-8-14-18-11-3-1-2-4-12(11)19(14)13-7-9(16)5-6-10(13)17/h1-7H,8H2. The van der Waals surface area contributed by atoms with E-state index in [9.17, 15) is 0 Å². The summed E-state index contributed by atoms with van der Waals surface area (Å²) in [7, 11) is 0. The van der Waals surface area contributed by atoms with Crippen LogP contribution in [0.1, 0.15) is 5.82 Å². The maximum atomic E-state index is 6.27. The summed E-state index contributed by atoms with van der Waals surface area (Å²) in [5.74, 6) is 1.05. The summed E-state index contributed by atoms with van der Waals surface area (Å²) < 4.78 is 1.94. The number of alkyl halides is 1. The summed E-state index contributed by atoms with van der Waals surface area (Å²) in [5.41, 5.74) is 2.63. The molecule has 0 bridgehead atoms. The molecular weight excluding hydrogens is 303 g/mol. The summed E-state index contributed by atoms with van der Waals surface area (Å²) in [6, 6.07) is 13.2. The fraction of sp³-hybridized carbons (Fsp3) is 0.0714. The largest absolute Gasteiger partial charge is 0.294 e. The Kier molecular flexibility index (Phi) is 3.40. The van der Waals surface area contributed by atoms with E-state index in [2.05, 4.69) is 4.98 Å². The number of imidazole rings is 1. The van der Waals surface area contributed by atoms with E-state index in [0.29, 0.717) is 15.9 Å². The fourth-order valence-electron chi connectivity index (χ4n) is 2.09. The minimum Gasteiger partial charge on any atom is -0.294 e. The zero-order chi connectivity index (χ0) is 13.4. The highest BCUT2D eigenvalue weighted by molar-refractivity contribution is 6.34. The highest BCUT2D eigenvalue weighted by atomic mass is 35.5. The van der Waals surface area contributed by atoms with Crippen LogP contribution >= 0.6 is 34.8 Å². The highest BCUT2D eigenvalue weighted by Gasteiger charge is 2.13. The smallest absolute Gasteiger partial charge is 0.129 e. The molecule has 2 nitrogen and oxygen atoms in total. The molecule has 5 heteroatoms. The molecule has 0 unspecified atom stereocenters. The number of rotatable bonds is 2. The van der Waals surface area contributed by atoms with Crippen LogP contribution in [0, 0.1) is 0 Å². The van der Waals surface area contributed by atoms with Crippen molar-refractivity contribution < 1.29 is 0 Å². The zero-order valence-electron chi connectivity index (χ0n) is 9.78. The van der Waals surface area contributed by atoms with Gasteiger partial charge in [-0.2, -0.15) is 0 Å². The lowest BCUT2D eigenvalue weighted by Crippen LogP contribution is -2.00. The van der Waals surface area contributed by atoms with Crippen LogP contribution in [-0.2, 0) is 5.88 Å². The van der Waals surface area contributed by atoms with Crippen LogP contribution < -0.4 is 0 Å². The molecule has 0 saturated carbocycles. The Morgan fingerprint density at radius 2 is 1.84 bits per heavy atom. The van der Waals surface area contributed by atoms with Gasteiger partial charge in [0.25, 0.3) is 0 Å². The molecule has 0 N–H and O–H groups in total. The Morgan fingerprint density at radius 3 is 2.63 bits per heavy atom. The van der Waals surface area contributed by atoms with E-state index in [1.807, 2.05) is 34.9 Å². The van der Waals surface area contributed by atoms with Crippen LogP contribution in [0.5, 0.6) is 0 Å². The molecular formula is C14H9Cl3N2. The molecule has 1 heterocycles. The Hall–Kier alpha value is -1.22. The summed E-state index contributed by atoms with van der Waals surface area (Å²) in [6.07, 6.45) is 0. The van der Waals surface area contributed by atoms with Crippen molar-refractivity contribution in [1.82, 2.24) is 9.55 Å². The number of halogens is 3. The van der Waals surface area contributed by atoms with E-state index in [-0.39, 0.29) is 0 Å². The van der Waals surface area contributed by atoms with Crippen LogP contribution in [0.15, 0.2) is 42.5 Å². The van der Waals surface area contributed by atoms with Gasteiger partial charge in [-0.1, -0.05) is 35.3 Å². The van der Waals surface area contributed by atoms with Gasteiger partial charge in [0.1, 0.15) is 5.82 Å². The number of hydrogen-bond acceptors (Lipinski definition) is 1. The van der Waals surface area contributed by atoms with E-state index in [1.54, 1.807) is 12.1 Å². The molecule has 0 amide bonds. The lowest BCUT2D eigenvalue weighted by atomic mass is 10.2. The van der Waals surface area contributed by atoms with Gasteiger partial charge in [-0.25, -0.2) is 4.98 Å². The van der Waals surface area contributed by atoms with E-state index < -0.39 is 0 Å². The first-order chi connectivity index (χ1) is 9.20. The van der Waals surface area contributed by atoms with Gasteiger partial charge >= 0.3 is 0 Å². The first-order valence-electron chi connectivity index (χ1n) is 5.68. The van der Waals surface area contributed by atoms with Gasteiger partial charge < -0.3 is 0 Å². The Labute approximate surface area is 125 Å². The van der Waals surface area contributed by atoms with Crippen LogP contribution in [0.4, 0.5) is 0 Å². The molecule has 2 aromatic carbocycles. The van der Waals surface area contributed by atoms with Gasteiger partial charge in [0.15, 0.2) is 0 Å². The molecule has 3 rings (SSSR count). The minimum atomic E-state index is 0.303. The molecule has 0 saturated heterocycles. The number of benzene rings is 2. The van der Waals surface area contributed by atoms with Crippen molar-refractivity contribution in [3.8, 4) is 5.69 Å². The van der Waals surface area contributed by atoms with Crippen molar-refractivity contribution in [2.75, 3.05) is 0 Å². The molecule has 19 heavy (non-hydrogen) atoms. The fourth-order valence-corrected chi connectivity index (χ4v) is 2.64. The summed E-state index contributed by atoms with van der Waals surface area (Å²) in [5, 5.41) is 1.23. The van der Waals surface area contributed by atoms with Gasteiger partial charge in [0.2, 0.25) is 0 Å². The number of para-hydroxylation sites is 2. The van der Waals surface area contributed by atoms with Crippen molar-refractivity contribution in [2.45, 2.75) is 5.88 Å². The average molecular weight is 312 g/mol. The maximum Gasteiger partial charge on any atom is 0.129 e. The third-order valence-corrected chi connectivity index (χ3v) is 3.69. The molecule has 0 spiro atoms. The second kappa shape index (κ2) is 5.04. The van der Waals surface area contributed by atoms with E-state index in [1.165, 1.54) is 0 Å². The minimum absolute atomic E-state index is 0.303. The predicted molar refractivity (Wildman–Crippen MR) is 80.6 cm³/mol. The second-order valence-corrected chi connectivity index (χ2v) is 5.19. The zero-order valence-corrected chi connectivity index (χ0v) is 12.0. The lowest BCUT2D eigenvalue weighted by molar-refractivity contribution is 0.982. The first kappa shape index (κ1) is 12.8. The van der Waals surface area contributed by atoms with E-state index in [0.717, 1.165) is 22.5 Å². The van der Waals surface area contributed by atoms with Gasteiger partial charge in [-0.15, -0.1) is 11.6 Å². The highest BCUT2D eigenvalue weighted by Crippen LogP contribution is 2.29. The maximum absolute atomic E-state index is 6.27. The number of aromatic nitrogens is 2. The van der Waals surface area contributed by atoms with Crippen LogP contribution in [0.25, 0.3) is 16.7 Å². The van der Waals surface area contributed by atoms with Gasteiger partial charge in [-0.05, 0) is 30.3 Å². The molecule has 1 aromatic heterocycles. The third-order valence-electron chi connectivity index (χ3n) is 2.90. The average Bonchev–Trinajstić information content (AvgIpc) is 2.80. The molecule has 0 fully saturated rings. The molecule has 0 atom stereocenters. The van der Waals surface area contributed by atoms with Crippen molar-refractivity contribution in [1.29, 1.82) is 0 Å². The molecule has 3 aromatic rings. The SMILES string of the molecule is ClCc1nc2ccccc2n1-c1cc(Cl)ccc1Cl. The van der Waals surface area contributed by atoms with Crippen molar-refractivity contribution in [2.24, 2.45) is 0 Å². The van der Waals surface area contributed by atoms with E-state index in [4.69, 9.17) is 34.8 Å². The summed E-state index contributed by atoms with van der Waals surface area (Å²) >= 11 is 18.3. The molecule has 0 aliphatic carbocycles. The second-order valence-electron chi connectivity index (χ2n) is 4.08. The molecule has 0 radical (unpaired) electrons. The quantitative estimate of drug-likeness (QED) is 0.604. The Morgan fingerprint density at radius 1 is 1.05 bits per heavy atom. The molecule has 0 aliphatic rings. The van der Waals surface area contributed by atoms with Crippen LogP contribution in [-0.4, -0.2) is 9.55 Å². The van der Waals surface area contributed by atoms with Crippen LogP contribution in [0.3, 0.4) is 0 Å². The van der Waals surface area contributed by atoms with E-state index >= 15 is 0 Å². The van der Waals surface area contributed by atoms with Gasteiger partial charge in [-0.3, -0.25) is 4.57 Å². The Balaban J connectivity index is 2.37. The molecule has 96 valence electrons. The van der Waals surface area contributed by atoms with Gasteiger partial charge in [0.05, 0.1) is 27.6 Å². The third kappa shape index (κ3) is 2.20. The Bertz CT molecular complexity index is 750. The number of nitrogens with zero attached hydrogens (tertiary/aromatic N) is 2. The van der Waals surface area contributed by atoms with Crippen molar-refractivity contribution in [3.05, 3.63) is 58.3 Å². The number of hydrogen-bond donors (Lipinski definition) is 0. The normalized spacial score (nSPS) is 11.1. The van der Waals surface area contributed by atoms with Crippen molar-refractivity contribution >= 4 is 45.8 Å². The monoisotopic (exact) mass is 310 g/mol. The summed E-state index contributed by atoms with van der Waals surface area (Å²) in [4.78, 5) is 4.51. The molecule has 0 aliphatic heterocycles. The number of fused-ring (bicyclic) bond motifs is 1. The van der Waals surface area contributed by atoms with Gasteiger partial charge in [0, 0.05) is 5.02 Å². The topological polar surface area (TPSA) is 17.8 Å². The van der Waals surface area contributed by atoms with Crippen molar-refractivity contribution in [3.63, 3.8) is 0 Å². The lowest BCUT2D eigenvalue weighted by Gasteiger charge is -2.10.